The third-order valence-corrected chi connectivity index (χ3v) is 6.28. The Morgan fingerprint density at radius 2 is 1.04 bits per heavy atom. The molecule has 0 aromatic heterocycles. The van der Waals surface area contributed by atoms with Crippen LogP contribution in [-0.2, 0) is 0 Å². The smallest absolute Gasteiger partial charge is 0.0359 e. The van der Waals surface area contributed by atoms with Crippen LogP contribution in [-0.4, -0.2) is 0 Å². The van der Waals surface area contributed by atoms with Crippen LogP contribution < -0.4 is 0 Å². The van der Waals surface area contributed by atoms with E-state index in [-0.39, 0.29) is 5.92 Å². The van der Waals surface area contributed by atoms with E-state index in [2.05, 4.69) is 123 Å². The van der Waals surface area contributed by atoms with Gasteiger partial charge in [0.25, 0.3) is 0 Å². The minimum absolute atomic E-state index is 0.224. The summed E-state index contributed by atoms with van der Waals surface area (Å²) in [7, 11) is 0. The molecule has 130 valence electrons. The average molecular weight is 476 g/mol. The standard InChI is InChI=1S/C25H16Br2/c26-17-10-12-20-21-13-11-18(27)15-24(21)25(23(20)14-17)22-9-5-4-8-19(22)16-6-2-1-3-7-16/h1-15,25H. The number of hydrogen-bond acceptors (Lipinski definition) is 0. The largest absolute Gasteiger partial charge is 0.0622 e. The van der Waals surface area contributed by atoms with Crippen LogP contribution in [0, 0.1) is 0 Å². The van der Waals surface area contributed by atoms with Gasteiger partial charge in [0.2, 0.25) is 0 Å². The molecule has 0 atom stereocenters. The van der Waals surface area contributed by atoms with Gasteiger partial charge in [-0.05, 0) is 63.2 Å². The molecule has 4 aromatic rings. The molecular weight excluding hydrogens is 460 g/mol. The maximum atomic E-state index is 3.68. The van der Waals surface area contributed by atoms with Gasteiger partial charge in [0.15, 0.2) is 0 Å². The molecule has 27 heavy (non-hydrogen) atoms. The van der Waals surface area contributed by atoms with Crippen LogP contribution in [0.3, 0.4) is 0 Å². The predicted octanol–water partition coefficient (Wildman–Crippen LogP) is 8.04. The van der Waals surface area contributed by atoms with Crippen molar-refractivity contribution < 1.29 is 0 Å². The summed E-state index contributed by atoms with van der Waals surface area (Å²) in [6.07, 6.45) is 0. The molecule has 4 aromatic carbocycles. The van der Waals surface area contributed by atoms with E-state index < -0.39 is 0 Å². The minimum atomic E-state index is 0.224. The van der Waals surface area contributed by atoms with Gasteiger partial charge in [0.1, 0.15) is 0 Å². The molecule has 0 heterocycles. The normalized spacial score (nSPS) is 12.7. The average Bonchev–Trinajstić information content (AvgIpc) is 3.01. The number of rotatable bonds is 2. The minimum Gasteiger partial charge on any atom is -0.0622 e. The second-order valence-corrected chi connectivity index (χ2v) is 8.68. The highest BCUT2D eigenvalue weighted by molar-refractivity contribution is 9.10. The summed E-state index contributed by atoms with van der Waals surface area (Å²) in [6.45, 7) is 0. The number of hydrogen-bond donors (Lipinski definition) is 0. The molecule has 0 amide bonds. The monoisotopic (exact) mass is 474 g/mol. The summed E-state index contributed by atoms with van der Waals surface area (Å²) in [6, 6.07) is 32.7. The summed E-state index contributed by atoms with van der Waals surface area (Å²) < 4.78 is 2.24. The third-order valence-electron chi connectivity index (χ3n) is 5.30. The van der Waals surface area contributed by atoms with Crippen LogP contribution in [0.5, 0.6) is 0 Å². The molecular formula is C25H16Br2. The fourth-order valence-corrected chi connectivity index (χ4v) is 4.92. The van der Waals surface area contributed by atoms with E-state index in [0.717, 1.165) is 8.95 Å². The van der Waals surface area contributed by atoms with Crippen molar-refractivity contribution in [2.75, 3.05) is 0 Å². The maximum absolute atomic E-state index is 3.68. The van der Waals surface area contributed by atoms with E-state index >= 15 is 0 Å². The number of fused-ring (bicyclic) bond motifs is 3. The van der Waals surface area contributed by atoms with E-state index in [1.807, 2.05) is 0 Å². The van der Waals surface area contributed by atoms with E-state index in [9.17, 15) is 0 Å². The second-order valence-electron chi connectivity index (χ2n) is 6.85. The quantitative estimate of drug-likeness (QED) is 0.242. The van der Waals surface area contributed by atoms with E-state index in [0.29, 0.717) is 0 Å². The Morgan fingerprint density at radius 3 is 1.67 bits per heavy atom. The van der Waals surface area contributed by atoms with Crippen LogP contribution in [0.1, 0.15) is 22.6 Å². The zero-order chi connectivity index (χ0) is 18.4. The van der Waals surface area contributed by atoms with Gasteiger partial charge in [-0.3, -0.25) is 0 Å². The van der Waals surface area contributed by atoms with Gasteiger partial charge in [0.05, 0.1) is 0 Å². The van der Waals surface area contributed by atoms with Gasteiger partial charge >= 0.3 is 0 Å². The van der Waals surface area contributed by atoms with Crippen LogP contribution >= 0.6 is 31.9 Å². The number of halogens is 2. The molecule has 0 nitrogen and oxygen atoms in total. The van der Waals surface area contributed by atoms with Gasteiger partial charge < -0.3 is 0 Å². The first-order valence-corrected chi connectivity index (χ1v) is 10.5. The summed E-state index contributed by atoms with van der Waals surface area (Å²) in [5.41, 5.74) is 9.28. The number of benzene rings is 4. The molecule has 0 saturated heterocycles. The first kappa shape index (κ1) is 17.0. The lowest BCUT2D eigenvalue weighted by atomic mass is 9.84. The molecule has 2 heteroatoms. The van der Waals surface area contributed by atoms with Gasteiger partial charge in [-0.1, -0.05) is 98.6 Å². The fraction of sp³-hybridized carbons (Fsp3) is 0.0400. The Labute approximate surface area is 176 Å². The van der Waals surface area contributed by atoms with Crippen molar-refractivity contribution in [3.05, 3.63) is 117 Å². The molecule has 1 aliphatic carbocycles. The van der Waals surface area contributed by atoms with Gasteiger partial charge in [-0.15, -0.1) is 0 Å². The van der Waals surface area contributed by atoms with Crippen LogP contribution in [0.25, 0.3) is 22.3 Å². The Kier molecular flexibility index (Phi) is 4.26. The lowest BCUT2D eigenvalue weighted by Gasteiger charge is -2.19. The zero-order valence-electron chi connectivity index (χ0n) is 14.5. The van der Waals surface area contributed by atoms with Crippen molar-refractivity contribution in [1.82, 2.24) is 0 Å². The third kappa shape index (κ3) is 2.88. The molecule has 0 bridgehead atoms. The molecule has 0 saturated carbocycles. The van der Waals surface area contributed by atoms with E-state index in [4.69, 9.17) is 0 Å². The highest BCUT2D eigenvalue weighted by atomic mass is 79.9. The van der Waals surface area contributed by atoms with Gasteiger partial charge in [-0.2, -0.15) is 0 Å². The van der Waals surface area contributed by atoms with E-state index in [1.54, 1.807) is 0 Å². The molecule has 1 aliphatic rings. The molecule has 0 radical (unpaired) electrons. The van der Waals surface area contributed by atoms with Crippen LogP contribution in [0.15, 0.2) is 99.9 Å². The van der Waals surface area contributed by atoms with Crippen molar-refractivity contribution in [1.29, 1.82) is 0 Å². The van der Waals surface area contributed by atoms with Crippen molar-refractivity contribution in [2.45, 2.75) is 5.92 Å². The summed E-state index contributed by atoms with van der Waals surface area (Å²) in [4.78, 5) is 0. The first-order chi connectivity index (χ1) is 13.2. The van der Waals surface area contributed by atoms with Crippen molar-refractivity contribution in [3.8, 4) is 22.3 Å². The fourth-order valence-electron chi connectivity index (χ4n) is 4.17. The topological polar surface area (TPSA) is 0 Å². The Bertz CT molecular complexity index is 1090. The second kappa shape index (κ2) is 6.78. The molecule has 5 rings (SSSR count). The predicted molar refractivity (Wildman–Crippen MR) is 120 cm³/mol. The zero-order valence-corrected chi connectivity index (χ0v) is 17.7. The molecule has 0 N–H and O–H groups in total. The Morgan fingerprint density at radius 1 is 0.481 bits per heavy atom. The SMILES string of the molecule is Brc1ccc2c(c1)C(c1ccccc1-c1ccccc1)c1cc(Br)ccc1-2. The van der Waals surface area contributed by atoms with Crippen LogP contribution in [0.2, 0.25) is 0 Å². The highest BCUT2D eigenvalue weighted by Gasteiger charge is 2.31. The molecule has 0 fully saturated rings. The molecule has 0 unspecified atom stereocenters. The summed E-state index contributed by atoms with van der Waals surface area (Å²) in [5.74, 6) is 0.224. The Hall–Kier alpha value is -2.16. The first-order valence-electron chi connectivity index (χ1n) is 8.96. The van der Waals surface area contributed by atoms with Gasteiger partial charge in [-0.25, -0.2) is 0 Å². The molecule has 0 spiro atoms. The van der Waals surface area contributed by atoms with Crippen molar-refractivity contribution >= 4 is 31.9 Å². The Balaban J connectivity index is 1.80. The lowest BCUT2D eigenvalue weighted by Crippen LogP contribution is -2.02. The highest BCUT2D eigenvalue weighted by Crippen LogP contribution is 2.51. The summed E-state index contributed by atoms with van der Waals surface area (Å²) >= 11 is 7.36. The van der Waals surface area contributed by atoms with Crippen molar-refractivity contribution in [3.63, 3.8) is 0 Å². The van der Waals surface area contributed by atoms with Gasteiger partial charge in [0, 0.05) is 14.9 Å². The van der Waals surface area contributed by atoms with Crippen LogP contribution in [0.4, 0.5) is 0 Å². The summed E-state index contributed by atoms with van der Waals surface area (Å²) in [5, 5.41) is 0. The molecule has 0 aliphatic heterocycles. The van der Waals surface area contributed by atoms with Crippen molar-refractivity contribution in [2.24, 2.45) is 0 Å². The lowest BCUT2D eigenvalue weighted by molar-refractivity contribution is 1.01. The maximum Gasteiger partial charge on any atom is 0.0359 e. The van der Waals surface area contributed by atoms with E-state index in [1.165, 1.54) is 38.9 Å².